The summed E-state index contributed by atoms with van der Waals surface area (Å²) in [4.78, 5) is 3.96. The third-order valence-electron chi connectivity index (χ3n) is 2.49. The number of rotatable bonds is 2. The summed E-state index contributed by atoms with van der Waals surface area (Å²) in [7, 11) is 1.82. The topological polar surface area (TPSA) is 85.5 Å². The summed E-state index contributed by atoms with van der Waals surface area (Å²) in [6, 6.07) is 2.03. The molecule has 0 aliphatic rings. The highest BCUT2D eigenvalue weighted by Crippen LogP contribution is 2.18. The summed E-state index contributed by atoms with van der Waals surface area (Å²) in [5.41, 5.74) is 7.49. The maximum atomic E-state index is 8.94. The minimum atomic E-state index is 0.331. The lowest BCUT2D eigenvalue weighted by molar-refractivity contribution is 0.718. The van der Waals surface area contributed by atoms with Gasteiger partial charge in [0.05, 0.1) is 5.69 Å². The van der Waals surface area contributed by atoms with E-state index in [0.717, 1.165) is 17.1 Å². The molecule has 0 saturated carbocycles. The standard InChI is InChI=1S/C10H12N6/c1-7-8(5-11)10(15(2)14-7)16-4-3-13-9(16)6-12/h3-4H,5,11H2,1-2H3. The van der Waals surface area contributed by atoms with Crippen molar-refractivity contribution < 1.29 is 0 Å². The third-order valence-corrected chi connectivity index (χ3v) is 2.49. The first kappa shape index (κ1) is 10.4. The Balaban J connectivity index is 2.69. The van der Waals surface area contributed by atoms with Gasteiger partial charge in [0.1, 0.15) is 11.9 Å². The molecule has 0 saturated heterocycles. The van der Waals surface area contributed by atoms with Gasteiger partial charge in [-0.15, -0.1) is 0 Å². The molecule has 0 amide bonds. The molecule has 0 aliphatic carbocycles. The van der Waals surface area contributed by atoms with Crippen molar-refractivity contribution in [2.75, 3.05) is 0 Å². The molecule has 2 aromatic rings. The number of aromatic nitrogens is 4. The molecule has 82 valence electrons. The van der Waals surface area contributed by atoms with E-state index in [1.165, 1.54) is 0 Å². The smallest absolute Gasteiger partial charge is 0.218 e. The number of nitrogens with two attached hydrogens (primary N) is 1. The van der Waals surface area contributed by atoms with Crippen molar-refractivity contribution in [3.63, 3.8) is 0 Å². The first-order chi connectivity index (χ1) is 7.69. The molecule has 0 unspecified atom stereocenters. The highest BCUT2D eigenvalue weighted by molar-refractivity contribution is 5.40. The predicted octanol–water partition coefficient (Wildman–Crippen LogP) is 0.245. The van der Waals surface area contributed by atoms with Crippen LogP contribution in [0.5, 0.6) is 0 Å². The molecule has 0 aliphatic heterocycles. The van der Waals surface area contributed by atoms with Gasteiger partial charge in [-0.25, -0.2) is 4.98 Å². The van der Waals surface area contributed by atoms with Crippen molar-refractivity contribution in [2.45, 2.75) is 13.5 Å². The Morgan fingerprint density at radius 1 is 1.56 bits per heavy atom. The Morgan fingerprint density at radius 3 is 2.94 bits per heavy atom. The number of nitriles is 1. The van der Waals surface area contributed by atoms with Crippen LogP contribution in [0, 0.1) is 18.3 Å². The van der Waals surface area contributed by atoms with Crippen LogP contribution in [-0.2, 0) is 13.6 Å². The van der Waals surface area contributed by atoms with Gasteiger partial charge in [0, 0.05) is 31.5 Å². The van der Waals surface area contributed by atoms with Crippen LogP contribution in [0.2, 0.25) is 0 Å². The predicted molar refractivity (Wildman–Crippen MR) is 57.7 cm³/mol. The second kappa shape index (κ2) is 3.79. The van der Waals surface area contributed by atoms with Crippen LogP contribution in [0.3, 0.4) is 0 Å². The second-order valence-electron chi connectivity index (χ2n) is 3.45. The minimum Gasteiger partial charge on any atom is -0.326 e. The van der Waals surface area contributed by atoms with Gasteiger partial charge in [-0.1, -0.05) is 0 Å². The van der Waals surface area contributed by atoms with Gasteiger partial charge >= 0.3 is 0 Å². The lowest BCUT2D eigenvalue weighted by atomic mass is 10.2. The van der Waals surface area contributed by atoms with E-state index in [0.29, 0.717) is 12.4 Å². The highest BCUT2D eigenvalue weighted by atomic mass is 15.3. The molecular weight excluding hydrogens is 204 g/mol. The molecule has 2 N–H and O–H groups in total. The van der Waals surface area contributed by atoms with Crippen molar-refractivity contribution in [1.29, 1.82) is 5.26 Å². The van der Waals surface area contributed by atoms with Crippen molar-refractivity contribution in [2.24, 2.45) is 12.8 Å². The van der Waals surface area contributed by atoms with Crippen LogP contribution in [-0.4, -0.2) is 19.3 Å². The van der Waals surface area contributed by atoms with Crippen molar-refractivity contribution >= 4 is 0 Å². The average molecular weight is 216 g/mol. The summed E-state index contributed by atoms with van der Waals surface area (Å²) < 4.78 is 3.40. The molecule has 2 aromatic heterocycles. The van der Waals surface area contributed by atoms with Crippen LogP contribution in [0.15, 0.2) is 12.4 Å². The Morgan fingerprint density at radius 2 is 2.31 bits per heavy atom. The monoisotopic (exact) mass is 216 g/mol. The quantitative estimate of drug-likeness (QED) is 0.779. The fraction of sp³-hybridized carbons (Fsp3) is 0.300. The molecular formula is C10H12N6. The lowest BCUT2D eigenvalue weighted by Crippen LogP contribution is -2.08. The molecule has 6 heteroatoms. The van der Waals surface area contributed by atoms with Crippen LogP contribution in [0.1, 0.15) is 17.1 Å². The highest BCUT2D eigenvalue weighted by Gasteiger charge is 2.15. The zero-order chi connectivity index (χ0) is 11.7. The second-order valence-corrected chi connectivity index (χ2v) is 3.45. The summed E-state index contributed by atoms with van der Waals surface area (Å²) in [6.45, 7) is 2.28. The molecule has 6 nitrogen and oxygen atoms in total. The van der Waals surface area contributed by atoms with E-state index >= 15 is 0 Å². The Bertz CT molecular complexity index is 556. The van der Waals surface area contributed by atoms with Gasteiger partial charge in [-0.2, -0.15) is 10.4 Å². The zero-order valence-electron chi connectivity index (χ0n) is 9.18. The van der Waals surface area contributed by atoms with E-state index in [-0.39, 0.29) is 0 Å². The van der Waals surface area contributed by atoms with E-state index in [4.69, 9.17) is 11.0 Å². The fourth-order valence-electron chi connectivity index (χ4n) is 1.79. The molecule has 0 spiro atoms. The van der Waals surface area contributed by atoms with Gasteiger partial charge in [0.2, 0.25) is 5.82 Å². The Labute approximate surface area is 92.9 Å². The Hall–Kier alpha value is -2.13. The number of nitrogens with zero attached hydrogens (tertiary/aromatic N) is 5. The zero-order valence-corrected chi connectivity index (χ0v) is 9.18. The van der Waals surface area contributed by atoms with Gasteiger partial charge in [-0.3, -0.25) is 9.25 Å². The van der Waals surface area contributed by atoms with Crippen molar-refractivity contribution in [1.82, 2.24) is 19.3 Å². The van der Waals surface area contributed by atoms with Crippen molar-refractivity contribution in [3.8, 4) is 11.9 Å². The Kier molecular flexibility index (Phi) is 2.46. The normalized spacial score (nSPS) is 10.4. The third kappa shape index (κ3) is 1.38. The number of aryl methyl sites for hydroxylation is 2. The number of hydrogen-bond donors (Lipinski definition) is 1. The largest absolute Gasteiger partial charge is 0.326 e. The van der Waals surface area contributed by atoms with E-state index in [1.54, 1.807) is 21.6 Å². The summed E-state index contributed by atoms with van der Waals surface area (Å²) in [5.74, 6) is 1.13. The lowest BCUT2D eigenvalue weighted by Gasteiger charge is -2.06. The van der Waals surface area contributed by atoms with Gasteiger partial charge < -0.3 is 5.73 Å². The minimum absolute atomic E-state index is 0.331. The fourth-order valence-corrected chi connectivity index (χ4v) is 1.79. The molecule has 0 atom stereocenters. The average Bonchev–Trinajstić information content (AvgIpc) is 2.81. The van der Waals surface area contributed by atoms with Gasteiger partial charge in [0.15, 0.2) is 0 Å². The molecule has 0 bridgehead atoms. The summed E-state index contributed by atoms with van der Waals surface area (Å²) >= 11 is 0. The van der Waals surface area contributed by atoms with Crippen LogP contribution < -0.4 is 5.73 Å². The molecule has 0 fully saturated rings. The van der Waals surface area contributed by atoms with Gasteiger partial charge in [-0.05, 0) is 6.92 Å². The van der Waals surface area contributed by atoms with Crippen LogP contribution in [0.25, 0.3) is 5.82 Å². The summed E-state index contributed by atoms with van der Waals surface area (Å²) in [6.07, 6.45) is 3.31. The molecule has 2 heterocycles. The first-order valence-corrected chi connectivity index (χ1v) is 4.85. The number of imidazole rings is 1. The molecule has 16 heavy (non-hydrogen) atoms. The van der Waals surface area contributed by atoms with Crippen LogP contribution >= 0.6 is 0 Å². The number of hydrogen-bond acceptors (Lipinski definition) is 4. The van der Waals surface area contributed by atoms with Crippen LogP contribution in [0.4, 0.5) is 0 Å². The van der Waals surface area contributed by atoms with E-state index in [1.807, 2.05) is 20.0 Å². The maximum absolute atomic E-state index is 8.94. The molecule has 2 rings (SSSR count). The summed E-state index contributed by atoms with van der Waals surface area (Å²) in [5, 5.41) is 13.2. The van der Waals surface area contributed by atoms with E-state index < -0.39 is 0 Å². The SMILES string of the molecule is Cc1nn(C)c(-n2ccnc2C#N)c1CN. The molecule has 0 radical (unpaired) electrons. The maximum Gasteiger partial charge on any atom is 0.218 e. The first-order valence-electron chi connectivity index (χ1n) is 4.85. The van der Waals surface area contributed by atoms with E-state index in [9.17, 15) is 0 Å². The van der Waals surface area contributed by atoms with E-state index in [2.05, 4.69) is 10.1 Å². The van der Waals surface area contributed by atoms with Crippen molar-refractivity contribution in [3.05, 3.63) is 29.5 Å². The van der Waals surface area contributed by atoms with Gasteiger partial charge in [0.25, 0.3) is 0 Å². The molecule has 0 aromatic carbocycles.